The normalized spacial score (nSPS) is 33.9. The maximum absolute atomic E-state index is 5.33. The first-order valence-corrected chi connectivity index (χ1v) is 7.51. The van der Waals surface area contributed by atoms with E-state index in [-0.39, 0.29) is 0 Å². The Kier molecular flexibility index (Phi) is 5.25. The van der Waals surface area contributed by atoms with Crippen LogP contribution < -0.4 is 0 Å². The van der Waals surface area contributed by atoms with Crippen LogP contribution in [0.2, 0.25) is 0 Å². The molecule has 3 atom stereocenters. The second kappa shape index (κ2) is 6.94. The average Bonchev–Trinajstić information content (AvgIpc) is 2.43. The van der Waals surface area contributed by atoms with Gasteiger partial charge in [-0.15, -0.1) is 6.08 Å². The Labute approximate surface area is 112 Å². The van der Waals surface area contributed by atoms with Crippen molar-refractivity contribution < 1.29 is 0 Å². The van der Waals surface area contributed by atoms with Crippen LogP contribution in [0.3, 0.4) is 0 Å². The Morgan fingerprint density at radius 1 is 1.06 bits per heavy atom. The fraction of sp³-hybridized carbons (Fsp3) is 0.647. The SMILES string of the molecule is [CH-]=C/C=C/C=C/C1CCC2CCCCC2N1CC. The number of hydrogen-bond acceptors (Lipinski definition) is 1. The van der Waals surface area contributed by atoms with Crippen LogP contribution in [0.5, 0.6) is 0 Å². The molecule has 1 saturated carbocycles. The zero-order chi connectivity index (χ0) is 12.8. The molecule has 0 N–H and O–H groups in total. The van der Waals surface area contributed by atoms with Crippen molar-refractivity contribution in [1.29, 1.82) is 0 Å². The van der Waals surface area contributed by atoms with Gasteiger partial charge in [0.05, 0.1) is 0 Å². The van der Waals surface area contributed by atoms with E-state index in [1.807, 2.05) is 12.2 Å². The highest BCUT2D eigenvalue weighted by Crippen LogP contribution is 2.37. The van der Waals surface area contributed by atoms with Crippen molar-refractivity contribution in [2.24, 2.45) is 5.92 Å². The first-order chi connectivity index (χ1) is 8.86. The van der Waals surface area contributed by atoms with Crippen LogP contribution in [0.4, 0.5) is 0 Å². The molecule has 1 aliphatic heterocycles. The maximum atomic E-state index is 5.33. The molecule has 0 aromatic heterocycles. The number of likely N-dealkylation sites (tertiary alicyclic amines) is 1. The summed E-state index contributed by atoms with van der Waals surface area (Å²) in [4.78, 5) is 2.73. The largest absolute Gasteiger partial charge is 0.294 e. The standard InChI is InChI=1S/C17H26N/c1-3-5-6-7-11-16-14-13-15-10-8-9-12-17(15)18(16)4-2/h1,3,5-7,11,15-17H,4,8-10,12-14H2,2H3/q-1/b6-5+,11-7+. The van der Waals surface area contributed by atoms with Crippen LogP contribution in [-0.4, -0.2) is 23.5 Å². The molecule has 3 unspecified atom stereocenters. The minimum atomic E-state index is 0.636. The molecule has 0 aromatic carbocycles. The number of piperidine rings is 1. The summed E-state index contributed by atoms with van der Waals surface area (Å²) in [5.74, 6) is 0.969. The van der Waals surface area contributed by atoms with Crippen molar-refractivity contribution in [3.8, 4) is 0 Å². The lowest BCUT2D eigenvalue weighted by molar-refractivity contribution is 0.0375. The van der Waals surface area contributed by atoms with Crippen molar-refractivity contribution in [2.75, 3.05) is 6.54 Å². The molecule has 1 heterocycles. The third-order valence-corrected chi connectivity index (χ3v) is 4.59. The molecule has 0 bridgehead atoms. The predicted molar refractivity (Wildman–Crippen MR) is 78.3 cm³/mol. The van der Waals surface area contributed by atoms with Crippen LogP contribution in [0.1, 0.15) is 45.4 Å². The lowest BCUT2D eigenvalue weighted by Gasteiger charge is -2.47. The number of allylic oxidation sites excluding steroid dienone is 4. The molecule has 1 saturated heterocycles. The minimum absolute atomic E-state index is 0.636. The van der Waals surface area contributed by atoms with Crippen LogP contribution in [-0.2, 0) is 0 Å². The third-order valence-electron chi connectivity index (χ3n) is 4.59. The van der Waals surface area contributed by atoms with Crippen molar-refractivity contribution in [1.82, 2.24) is 4.90 Å². The molecule has 1 aliphatic carbocycles. The molecule has 2 aliphatic rings. The van der Waals surface area contributed by atoms with Gasteiger partial charge in [-0.25, -0.2) is 12.2 Å². The smallest absolute Gasteiger partial charge is 0.0283 e. The van der Waals surface area contributed by atoms with Gasteiger partial charge >= 0.3 is 0 Å². The lowest BCUT2D eigenvalue weighted by atomic mass is 9.76. The van der Waals surface area contributed by atoms with Crippen molar-refractivity contribution in [3.05, 3.63) is 37.0 Å². The highest BCUT2D eigenvalue weighted by Gasteiger charge is 2.36. The van der Waals surface area contributed by atoms with Crippen LogP contribution in [0.15, 0.2) is 30.4 Å². The van der Waals surface area contributed by atoms with Crippen molar-refractivity contribution >= 4 is 0 Å². The molecule has 2 rings (SSSR count). The van der Waals surface area contributed by atoms with Crippen molar-refractivity contribution in [2.45, 2.75) is 57.5 Å². The molecular formula is C17H26N-. The Bertz CT molecular complexity index is 316. The summed E-state index contributed by atoms with van der Waals surface area (Å²) in [6.07, 6.45) is 18.5. The monoisotopic (exact) mass is 244 g/mol. The van der Waals surface area contributed by atoms with E-state index in [0.717, 1.165) is 12.0 Å². The van der Waals surface area contributed by atoms with Crippen LogP contribution >= 0.6 is 0 Å². The van der Waals surface area contributed by atoms with Crippen molar-refractivity contribution in [3.63, 3.8) is 0 Å². The highest BCUT2D eigenvalue weighted by molar-refractivity contribution is 5.12. The van der Waals surface area contributed by atoms with E-state index in [4.69, 9.17) is 6.58 Å². The molecule has 0 spiro atoms. The Morgan fingerprint density at radius 2 is 1.89 bits per heavy atom. The van der Waals surface area contributed by atoms with Gasteiger partial charge in [-0.3, -0.25) is 11.5 Å². The topological polar surface area (TPSA) is 3.24 Å². The summed E-state index contributed by atoms with van der Waals surface area (Å²) in [7, 11) is 0. The van der Waals surface area contributed by atoms with Crippen LogP contribution in [0.25, 0.3) is 0 Å². The number of fused-ring (bicyclic) bond motifs is 1. The summed E-state index contributed by atoms with van der Waals surface area (Å²) in [5.41, 5.74) is 0. The van der Waals surface area contributed by atoms with Gasteiger partial charge in [0.15, 0.2) is 0 Å². The van der Waals surface area contributed by atoms with E-state index in [0.29, 0.717) is 6.04 Å². The molecule has 2 fully saturated rings. The molecule has 100 valence electrons. The third kappa shape index (κ3) is 3.14. The molecule has 1 nitrogen and oxygen atoms in total. The van der Waals surface area contributed by atoms with E-state index < -0.39 is 0 Å². The first kappa shape index (κ1) is 13.6. The zero-order valence-electron chi connectivity index (χ0n) is 11.6. The quantitative estimate of drug-likeness (QED) is 0.531. The van der Waals surface area contributed by atoms with E-state index in [2.05, 4.69) is 24.0 Å². The fourth-order valence-corrected chi connectivity index (χ4v) is 3.75. The Morgan fingerprint density at radius 3 is 2.67 bits per heavy atom. The summed E-state index contributed by atoms with van der Waals surface area (Å²) >= 11 is 0. The van der Waals surface area contributed by atoms with E-state index in [1.165, 1.54) is 45.1 Å². The maximum Gasteiger partial charge on any atom is 0.0283 e. The second-order valence-corrected chi connectivity index (χ2v) is 5.55. The van der Waals surface area contributed by atoms with Gasteiger partial charge in [0.1, 0.15) is 0 Å². The van der Waals surface area contributed by atoms with E-state index in [1.54, 1.807) is 6.08 Å². The van der Waals surface area contributed by atoms with Gasteiger partial charge in [-0.05, 0) is 38.1 Å². The van der Waals surface area contributed by atoms with Gasteiger partial charge in [-0.2, -0.15) is 0 Å². The van der Waals surface area contributed by atoms with Gasteiger partial charge < -0.3 is 0 Å². The molecular weight excluding hydrogens is 218 g/mol. The summed E-state index contributed by atoms with van der Waals surface area (Å²) in [5, 5.41) is 0. The molecule has 1 heteroatoms. The minimum Gasteiger partial charge on any atom is -0.294 e. The Balaban J connectivity index is 2.00. The average molecular weight is 244 g/mol. The second-order valence-electron chi connectivity index (χ2n) is 5.55. The molecule has 18 heavy (non-hydrogen) atoms. The summed E-state index contributed by atoms with van der Waals surface area (Å²) in [6.45, 7) is 8.82. The van der Waals surface area contributed by atoms with Gasteiger partial charge in [0.25, 0.3) is 0 Å². The molecule has 0 radical (unpaired) electrons. The first-order valence-electron chi connectivity index (χ1n) is 7.51. The molecule has 0 amide bonds. The predicted octanol–water partition coefficient (Wildman–Crippen LogP) is 4.13. The Hall–Kier alpha value is -0.820. The van der Waals surface area contributed by atoms with Gasteiger partial charge in [0.2, 0.25) is 0 Å². The zero-order valence-corrected chi connectivity index (χ0v) is 11.6. The highest BCUT2D eigenvalue weighted by atomic mass is 15.2. The number of likely N-dealkylation sites (N-methyl/N-ethyl adjacent to an activating group) is 1. The van der Waals surface area contributed by atoms with Gasteiger partial charge in [0, 0.05) is 12.1 Å². The summed E-state index contributed by atoms with van der Waals surface area (Å²) < 4.78 is 0. The number of rotatable bonds is 4. The van der Waals surface area contributed by atoms with Gasteiger partial charge in [-0.1, -0.05) is 31.9 Å². The lowest BCUT2D eigenvalue weighted by Crippen LogP contribution is -2.51. The summed E-state index contributed by atoms with van der Waals surface area (Å²) in [6, 6.07) is 1.48. The molecule has 0 aromatic rings. The van der Waals surface area contributed by atoms with E-state index in [9.17, 15) is 0 Å². The van der Waals surface area contributed by atoms with E-state index >= 15 is 0 Å². The number of hydrogen-bond donors (Lipinski definition) is 0. The van der Waals surface area contributed by atoms with Crippen LogP contribution in [0, 0.1) is 12.5 Å². The fourth-order valence-electron chi connectivity index (χ4n) is 3.75. The number of nitrogens with zero attached hydrogens (tertiary/aromatic N) is 1.